The van der Waals surface area contributed by atoms with Gasteiger partial charge in [-0.3, -0.25) is 4.79 Å². The lowest BCUT2D eigenvalue weighted by Gasteiger charge is -2.30. The molecule has 0 spiro atoms. The summed E-state index contributed by atoms with van der Waals surface area (Å²) in [7, 11) is 0. The molecule has 2 rings (SSSR count). The number of hydrogen-bond donors (Lipinski definition) is 0. The second-order valence-electron chi connectivity index (χ2n) is 5.23. The second kappa shape index (κ2) is 6.35. The molecule has 3 heteroatoms. The number of carbonyl (C=O) groups excluding carboxylic acids is 1. The van der Waals surface area contributed by atoms with Gasteiger partial charge in [-0.15, -0.1) is 0 Å². The Hall–Kier alpha value is -0.860. The normalized spacial score (nSPS) is 20.9. The van der Waals surface area contributed by atoms with Crippen molar-refractivity contribution < 1.29 is 4.79 Å². The van der Waals surface area contributed by atoms with E-state index in [0.29, 0.717) is 11.4 Å². The SMILES string of the molecule is CC1CCCN(CCC(=O)c2cccc(Cl)c2)C1. The molecule has 1 atom stereocenters. The summed E-state index contributed by atoms with van der Waals surface area (Å²) >= 11 is 5.89. The van der Waals surface area contributed by atoms with Gasteiger partial charge in [0.2, 0.25) is 0 Å². The summed E-state index contributed by atoms with van der Waals surface area (Å²) in [6, 6.07) is 7.22. The van der Waals surface area contributed by atoms with Crippen LogP contribution in [0.5, 0.6) is 0 Å². The highest BCUT2D eigenvalue weighted by molar-refractivity contribution is 6.31. The van der Waals surface area contributed by atoms with Crippen LogP contribution >= 0.6 is 11.6 Å². The molecule has 0 N–H and O–H groups in total. The molecule has 1 saturated heterocycles. The van der Waals surface area contributed by atoms with Gasteiger partial charge in [-0.25, -0.2) is 0 Å². The van der Waals surface area contributed by atoms with E-state index in [9.17, 15) is 4.79 Å². The van der Waals surface area contributed by atoms with Gasteiger partial charge in [0.25, 0.3) is 0 Å². The number of carbonyl (C=O) groups is 1. The smallest absolute Gasteiger partial charge is 0.164 e. The van der Waals surface area contributed by atoms with Gasteiger partial charge >= 0.3 is 0 Å². The van der Waals surface area contributed by atoms with Crippen LogP contribution in [0.2, 0.25) is 5.02 Å². The Morgan fingerprint density at radius 2 is 2.33 bits per heavy atom. The Bertz CT molecular complexity index is 419. The Morgan fingerprint density at radius 1 is 1.50 bits per heavy atom. The Labute approximate surface area is 114 Å². The van der Waals surface area contributed by atoms with Crippen molar-refractivity contribution >= 4 is 17.4 Å². The zero-order valence-corrected chi connectivity index (χ0v) is 11.6. The maximum absolute atomic E-state index is 12.0. The van der Waals surface area contributed by atoms with Crippen molar-refractivity contribution in [2.45, 2.75) is 26.2 Å². The lowest BCUT2D eigenvalue weighted by atomic mass is 9.99. The molecule has 1 aliphatic rings. The molecule has 1 aliphatic heterocycles. The molecule has 1 fully saturated rings. The van der Waals surface area contributed by atoms with Crippen molar-refractivity contribution in [2.75, 3.05) is 19.6 Å². The van der Waals surface area contributed by atoms with Gasteiger partial charge in [0.15, 0.2) is 5.78 Å². The predicted molar refractivity (Wildman–Crippen MR) is 75.2 cm³/mol. The first-order valence-corrected chi connectivity index (χ1v) is 7.04. The minimum atomic E-state index is 0.190. The summed E-state index contributed by atoms with van der Waals surface area (Å²) in [5, 5.41) is 0.632. The van der Waals surface area contributed by atoms with Crippen LogP contribution < -0.4 is 0 Å². The number of hydrogen-bond acceptors (Lipinski definition) is 2. The Morgan fingerprint density at radius 3 is 3.06 bits per heavy atom. The second-order valence-corrected chi connectivity index (χ2v) is 5.67. The van der Waals surface area contributed by atoms with E-state index in [-0.39, 0.29) is 5.78 Å². The summed E-state index contributed by atoms with van der Waals surface area (Å²) in [6.45, 7) is 5.41. The highest BCUT2D eigenvalue weighted by Crippen LogP contribution is 2.17. The summed E-state index contributed by atoms with van der Waals surface area (Å²) in [5.41, 5.74) is 0.729. The van der Waals surface area contributed by atoms with Crippen molar-refractivity contribution in [3.05, 3.63) is 34.9 Å². The minimum absolute atomic E-state index is 0.190. The van der Waals surface area contributed by atoms with E-state index in [2.05, 4.69) is 11.8 Å². The molecule has 0 aliphatic carbocycles. The zero-order chi connectivity index (χ0) is 13.0. The first-order valence-electron chi connectivity index (χ1n) is 6.66. The third-order valence-electron chi connectivity index (χ3n) is 3.54. The van der Waals surface area contributed by atoms with Crippen LogP contribution in [0.1, 0.15) is 36.5 Å². The summed E-state index contributed by atoms with van der Waals surface area (Å²) in [6.07, 6.45) is 3.17. The number of Topliss-reactive ketones (excluding diaryl/α,β-unsaturated/α-hetero) is 1. The number of ketones is 1. The fourth-order valence-electron chi connectivity index (χ4n) is 2.56. The topological polar surface area (TPSA) is 20.3 Å². The quantitative estimate of drug-likeness (QED) is 0.775. The number of halogens is 1. The number of likely N-dealkylation sites (tertiary alicyclic amines) is 1. The van der Waals surface area contributed by atoms with Crippen LogP contribution in [-0.2, 0) is 0 Å². The highest BCUT2D eigenvalue weighted by atomic mass is 35.5. The monoisotopic (exact) mass is 265 g/mol. The fourth-order valence-corrected chi connectivity index (χ4v) is 2.75. The van der Waals surface area contributed by atoms with Crippen molar-refractivity contribution in [1.29, 1.82) is 0 Å². The third kappa shape index (κ3) is 3.82. The molecule has 1 aromatic rings. The van der Waals surface area contributed by atoms with Crippen LogP contribution in [-0.4, -0.2) is 30.3 Å². The zero-order valence-electron chi connectivity index (χ0n) is 10.9. The summed E-state index contributed by atoms with van der Waals surface area (Å²) in [4.78, 5) is 14.4. The lowest BCUT2D eigenvalue weighted by Crippen LogP contribution is -2.35. The number of nitrogens with zero attached hydrogens (tertiary/aromatic N) is 1. The molecule has 0 amide bonds. The van der Waals surface area contributed by atoms with Crippen LogP contribution in [0.4, 0.5) is 0 Å². The van der Waals surface area contributed by atoms with E-state index in [1.54, 1.807) is 12.1 Å². The van der Waals surface area contributed by atoms with Crippen LogP contribution in [0.3, 0.4) is 0 Å². The van der Waals surface area contributed by atoms with E-state index in [0.717, 1.165) is 31.1 Å². The molecule has 18 heavy (non-hydrogen) atoms. The Balaban J connectivity index is 1.84. The van der Waals surface area contributed by atoms with E-state index in [1.807, 2.05) is 12.1 Å². The van der Waals surface area contributed by atoms with Gasteiger partial charge < -0.3 is 4.90 Å². The largest absolute Gasteiger partial charge is 0.303 e. The van der Waals surface area contributed by atoms with E-state index in [4.69, 9.17) is 11.6 Å². The molecule has 2 nitrogen and oxygen atoms in total. The molecule has 0 saturated carbocycles. The molecule has 0 aromatic heterocycles. The number of piperidine rings is 1. The summed E-state index contributed by atoms with van der Waals surface area (Å²) in [5.74, 6) is 0.954. The maximum atomic E-state index is 12.0. The molecular weight excluding hydrogens is 246 g/mol. The van der Waals surface area contributed by atoms with E-state index < -0.39 is 0 Å². The molecule has 1 heterocycles. The van der Waals surface area contributed by atoms with Gasteiger partial charge in [0.05, 0.1) is 0 Å². The van der Waals surface area contributed by atoms with Gasteiger partial charge in [-0.2, -0.15) is 0 Å². The van der Waals surface area contributed by atoms with Gasteiger partial charge in [0.1, 0.15) is 0 Å². The molecular formula is C15H20ClNO. The van der Waals surface area contributed by atoms with Crippen LogP contribution in [0.25, 0.3) is 0 Å². The van der Waals surface area contributed by atoms with Crippen molar-refractivity contribution in [1.82, 2.24) is 4.90 Å². The lowest BCUT2D eigenvalue weighted by molar-refractivity contribution is 0.0949. The standard InChI is InChI=1S/C15H20ClNO/c1-12-4-3-8-17(11-12)9-7-15(18)13-5-2-6-14(16)10-13/h2,5-6,10,12H,3-4,7-9,11H2,1H3. The van der Waals surface area contributed by atoms with Crippen molar-refractivity contribution in [3.8, 4) is 0 Å². The van der Waals surface area contributed by atoms with Gasteiger partial charge in [-0.05, 0) is 37.4 Å². The molecule has 0 radical (unpaired) electrons. The van der Waals surface area contributed by atoms with Gasteiger partial charge in [-0.1, -0.05) is 30.7 Å². The van der Waals surface area contributed by atoms with Gasteiger partial charge in [0, 0.05) is 30.1 Å². The minimum Gasteiger partial charge on any atom is -0.303 e. The number of benzene rings is 1. The Kier molecular flexibility index (Phi) is 4.79. The number of rotatable bonds is 4. The first kappa shape index (κ1) is 13.6. The molecule has 1 unspecified atom stereocenters. The molecule has 0 bridgehead atoms. The maximum Gasteiger partial charge on any atom is 0.164 e. The van der Waals surface area contributed by atoms with E-state index in [1.165, 1.54) is 12.8 Å². The molecule has 98 valence electrons. The van der Waals surface area contributed by atoms with Crippen molar-refractivity contribution in [3.63, 3.8) is 0 Å². The average Bonchev–Trinajstić information content (AvgIpc) is 2.36. The molecule has 1 aromatic carbocycles. The van der Waals surface area contributed by atoms with Crippen molar-refractivity contribution in [2.24, 2.45) is 5.92 Å². The van der Waals surface area contributed by atoms with E-state index >= 15 is 0 Å². The summed E-state index contributed by atoms with van der Waals surface area (Å²) < 4.78 is 0. The average molecular weight is 266 g/mol. The predicted octanol–water partition coefficient (Wildman–Crippen LogP) is 3.64. The highest BCUT2D eigenvalue weighted by Gasteiger charge is 2.17. The third-order valence-corrected chi connectivity index (χ3v) is 3.78. The fraction of sp³-hybridized carbons (Fsp3) is 0.533. The van der Waals surface area contributed by atoms with Crippen LogP contribution in [0.15, 0.2) is 24.3 Å². The first-order chi connectivity index (χ1) is 8.65. The van der Waals surface area contributed by atoms with Crippen LogP contribution in [0, 0.1) is 5.92 Å².